The fraction of sp³-hybridized carbons (Fsp3) is 0.545. The summed E-state index contributed by atoms with van der Waals surface area (Å²) >= 11 is 11.4. The second kappa shape index (κ2) is 6.25. The quantitative estimate of drug-likeness (QED) is 0.790. The van der Waals surface area contributed by atoms with Crippen LogP contribution in [0.3, 0.4) is 0 Å². The second-order valence-electron chi connectivity index (χ2n) is 4.14. The Bertz CT molecular complexity index is 604. The summed E-state index contributed by atoms with van der Waals surface area (Å²) in [6, 6.07) is -0.285. The van der Waals surface area contributed by atoms with E-state index < -0.39 is 17.1 Å². The summed E-state index contributed by atoms with van der Waals surface area (Å²) in [5.41, 5.74) is -1.14. The van der Waals surface area contributed by atoms with Crippen molar-refractivity contribution in [2.24, 2.45) is 0 Å². The lowest BCUT2D eigenvalue weighted by Gasteiger charge is -2.19. The molecule has 0 saturated heterocycles. The van der Waals surface area contributed by atoms with Gasteiger partial charge in [0.1, 0.15) is 16.7 Å². The van der Waals surface area contributed by atoms with E-state index in [1.807, 2.05) is 0 Å². The number of rotatable bonds is 4. The maximum Gasteiger partial charge on any atom is 0.302 e. The molecule has 1 aromatic rings. The SMILES string of the molecule is CC(=O)OCCn1c(=O)c(Cl)c(Cl)c(=O)n1C(C)C. The number of halogens is 2. The Hall–Kier alpha value is -1.27. The smallest absolute Gasteiger partial charge is 0.302 e. The molecule has 0 aliphatic rings. The Morgan fingerprint density at radius 1 is 1.21 bits per heavy atom. The van der Waals surface area contributed by atoms with Gasteiger partial charge in [-0.25, -0.2) is 9.36 Å². The molecule has 1 rings (SSSR count). The van der Waals surface area contributed by atoms with Gasteiger partial charge >= 0.3 is 5.97 Å². The molecule has 0 radical (unpaired) electrons. The van der Waals surface area contributed by atoms with E-state index in [9.17, 15) is 14.4 Å². The molecular weight excluding hydrogens is 295 g/mol. The molecule has 0 atom stereocenters. The minimum Gasteiger partial charge on any atom is -0.464 e. The summed E-state index contributed by atoms with van der Waals surface area (Å²) in [5, 5.41) is -0.629. The van der Waals surface area contributed by atoms with Crippen molar-refractivity contribution >= 4 is 29.2 Å². The number of nitrogens with zero attached hydrogens (tertiary/aromatic N) is 2. The van der Waals surface area contributed by atoms with Crippen molar-refractivity contribution in [3.05, 3.63) is 30.8 Å². The average Bonchev–Trinajstić information content (AvgIpc) is 2.32. The lowest BCUT2D eigenvalue weighted by atomic mass is 10.4. The van der Waals surface area contributed by atoms with E-state index in [2.05, 4.69) is 0 Å². The van der Waals surface area contributed by atoms with Crippen molar-refractivity contribution in [2.45, 2.75) is 33.4 Å². The zero-order valence-electron chi connectivity index (χ0n) is 10.8. The van der Waals surface area contributed by atoms with Gasteiger partial charge in [-0.05, 0) is 13.8 Å². The molecule has 106 valence electrons. The highest BCUT2D eigenvalue weighted by molar-refractivity contribution is 6.41. The molecule has 0 saturated carbocycles. The minimum absolute atomic E-state index is 0.0284. The zero-order chi connectivity index (χ0) is 14.7. The van der Waals surface area contributed by atoms with Crippen molar-refractivity contribution in [3.63, 3.8) is 0 Å². The van der Waals surface area contributed by atoms with Crippen molar-refractivity contribution in [2.75, 3.05) is 6.61 Å². The minimum atomic E-state index is -0.591. The molecule has 0 spiro atoms. The van der Waals surface area contributed by atoms with Crippen molar-refractivity contribution in [3.8, 4) is 0 Å². The van der Waals surface area contributed by atoms with Gasteiger partial charge in [-0.2, -0.15) is 0 Å². The van der Waals surface area contributed by atoms with E-state index in [1.54, 1.807) is 13.8 Å². The van der Waals surface area contributed by atoms with E-state index >= 15 is 0 Å². The first-order valence-electron chi connectivity index (χ1n) is 5.61. The number of ether oxygens (including phenoxy) is 1. The van der Waals surface area contributed by atoms with Crippen molar-refractivity contribution in [1.29, 1.82) is 0 Å². The van der Waals surface area contributed by atoms with Crippen LogP contribution in [-0.4, -0.2) is 21.9 Å². The van der Waals surface area contributed by atoms with E-state index in [0.717, 1.165) is 4.68 Å². The summed E-state index contributed by atoms with van der Waals surface area (Å²) in [5.74, 6) is -0.466. The number of hydrogen-bond acceptors (Lipinski definition) is 4. The maximum atomic E-state index is 12.0. The van der Waals surface area contributed by atoms with Gasteiger partial charge in [-0.1, -0.05) is 23.2 Å². The summed E-state index contributed by atoms with van der Waals surface area (Å²) in [4.78, 5) is 34.7. The summed E-state index contributed by atoms with van der Waals surface area (Å²) < 4.78 is 7.08. The number of carbonyl (C=O) groups excluding carboxylic acids is 1. The summed E-state index contributed by atoms with van der Waals surface area (Å²) in [6.45, 7) is 4.72. The molecule has 1 heterocycles. The fourth-order valence-corrected chi connectivity index (χ4v) is 1.95. The standard InChI is InChI=1S/C11H14Cl2N2O4/c1-6(2)15-11(18)9(13)8(12)10(17)14(15)4-5-19-7(3)16/h6H,4-5H2,1-3H3. The number of aromatic nitrogens is 2. The molecular formula is C11H14Cl2N2O4. The van der Waals surface area contributed by atoms with Crippen LogP contribution in [0, 0.1) is 0 Å². The molecule has 6 nitrogen and oxygen atoms in total. The number of hydrogen-bond donors (Lipinski definition) is 0. The molecule has 0 unspecified atom stereocenters. The predicted octanol–water partition coefficient (Wildman–Crippen LogP) is 1.46. The van der Waals surface area contributed by atoms with Crippen molar-refractivity contribution < 1.29 is 9.53 Å². The van der Waals surface area contributed by atoms with Gasteiger partial charge in [-0.15, -0.1) is 0 Å². The molecule has 0 aliphatic heterocycles. The molecule has 0 amide bonds. The molecule has 0 N–H and O–H groups in total. The third-order valence-corrected chi connectivity index (χ3v) is 3.17. The molecule has 1 aromatic heterocycles. The van der Waals surface area contributed by atoms with Gasteiger partial charge in [0.25, 0.3) is 11.1 Å². The Balaban J connectivity index is 3.32. The molecule has 8 heteroatoms. The van der Waals surface area contributed by atoms with Gasteiger partial charge in [0.2, 0.25) is 0 Å². The fourth-order valence-electron chi connectivity index (χ4n) is 1.61. The lowest BCUT2D eigenvalue weighted by molar-refractivity contribution is -0.141. The zero-order valence-corrected chi connectivity index (χ0v) is 12.3. The molecule has 0 bridgehead atoms. The van der Waals surface area contributed by atoms with Crippen LogP contribution in [0.4, 0.5) is 0 Å². The Morgan fingerprint density at radius 3 is 2.21 bits per heavy atom. The highest BCUT2D eigenvalue weighted by atomic mass is 35.5. The van der Waals surface area contributed by atoms with Gasteiger partial charge in [0.05, 0.1) is 6.54 Å². The Kier molecular flexibility index (Phi) is 5.20. The van der Waals surface area contributed by atoms with Crippen LogP contribution in [0.2, 0.25) is 10.0 Å². The van der Waals surface area contributed by atoms with Crippen molar-refractivity contribution in [1.82, 2.24) is 9.36 Å². The topological polar surface area (TPSA) is 70.3 Å². The van der Waals surface area contributed by atoms with Crippen LogP contribution in [0.15, 0.2) is 9.59 Å². The van der Waals surface area contributed by atoms with Crippen LogP contribution in [-0.2, 0) is 16.1 Å². The van der Waals surface area contributed by atoms with Gasteiger partial charge in [0.15, 0.2) is 0 Å². The third kappa shape index (κ3) is 3.39. The highest BCUT2D eigenvalue weighted by Crippen LogP contribution is 2.13. The van der Waals surface area contributed by atoms with E-state index in [1.165, 1.54) is 11.6 Å². The predicted molar refractivity (Wildman–Crippen MR) is 72.0 cm³/mol. The van der Waals surface area contributed by atoms with Gasteiger partial charge in [0, 0.05) is 13.0 Å². The number of carbonyl (C=O) groups is 1. The first-order chi connectivity index (χ1) is 8.77. The summed E-state index contributed by atoms with van der Waals surface area (Å²) in [7, 11) is 0. The molecule has 0 aromatic carbocycles. The first kappa shape index (κ1) is 15.8. The van der Waals surface area contributed by atoms with Crippen LogP contribution in [0.25, 0.3) is 0 Å². The van der Waals surface area contributed by atoms with E-state index in [0.29, 0.717) is 0 Å². The van der Waals surface area contributed by atoms with Crippen LogP contribution < -0.4 is 11.1 Å². The molecule has 0 fully saturated rings. The molecule has 0 aliphatic carbocycles. The molecule has 19 heavy (non-hydrogen) atoms. The third-order valence-electron chi connectivity index (χ3n) is 2.37. The van der Waals surface area contributed by atoms with Crippen LogP contribution >= 0.6 is 23.2 Å². The highest BCUT2D eigenvalue weighted by Gasteiger charge is 2.18. The monoisotopic (exact) mass is 308 g/mol. The van der Waals surface area contributed by atoms with E-state index in [-0.39, 0.29) is 29.2 Å². The maximum absolute atomic E-state index is 12.0. The Labute approximate surface area is 119 Å². The first-order valence-corrected chi connectivity index (χ1v) is 6.37. The lowest BCUT2D eigenvalue weighted by Crippen LogP contribution is -2.41. The van der Waals surface area contributed by atoms with E-state index in [4.69, 9.17) is 27.9 Å². The van der Waals surface area contributed by atoms with Crippen LogP contribution in [0.5, 0.6) is 0 Å². The largest absolute Gasteiger partial charge is 0.464 e. The van der Waals surface area contributed by atoms with Crippen LogP contribution in [0.1, 0.15) is 26.8 Å². The normalized spacial score (nSPS) is 10.8. The number of esters is 1. The average molecular weight is 309 g/mol. The second-order valence-corrected chi connectivity index (χ2v) is 4.90. The summed E-state index contributed by atoms with van der Waals surface area (Å²) in [6.07, 6.45) is 0. The van der Waals surface area contributed by atoms with Gasteiger partial charge < -0.3 is 4.74 Å². The Morgan fingerprint density at radius 2 is 1.74 bits per heavy atom. The van der Waals surface area contributed by atoms with Gasteiger partial charge in [-0.3, -0.25) is 14.4 Å².